The Morgan fingerprint density at radius 1 is 1.03 bits per heavy atom. The van der Waals surface area contributed by atoms with Crippen LogP contribution in [0.1, 0.15) is 70.2 Å². The van der Waals surface area contributed by atoms with Crippen LogP contribution in [0.2, 0.25) is 0 Å². The van der Waals surface area contributed by atoms with E-state index in [1.165, 1.54) is 5.56 Å². The third-order valence-corrected chi connectivity index (χ3v) is 8.34. The number of benzene rings is 1. The zero-order valence-electron chi connectivity index (χ0n) is 23.5. The summed E-state index contributed by atoms with van der Waals surface area (Å²) in [5.41, 5.74) is 2.94. The highest BCUT2D eigenvalue weighted by molar-refractivity contribution is 5.76. The van der Waals surface area contributed by atoms with Crippen molar-refractivity contribution in [2.24, 2.45) is 0 Å². The monoisotopic (exact) mass is 532 g/mol. The molecule has 0 aliphatic carbocycles. The second-order valence-electron chi connectivity index (χ2n) is 11.0. The standard InChI is InChI=1S/C30H40N6O3/c1-5-26(37)34-14-16-35(17-15-34)30(12-18-39-19-13-30)25-9-6-23(7-10-25)22(4)32-29-31-20-24-8-11-27(38)36(21(2)3)28(24)33-29/h6-11,20-22H,5,12-19H2,1-4H3,(H,31,32,33)/t22-/m0/s1. The molecule has 0 unspecified atom stereocenters. The summed E-state index contributed by atoms with van der Waals surface area (Å²) < 4.78 is 7.47. The summed E-state index contributed by atoms with van der Waals surface area (Å²) >= 11 is 0. The van der Waals surface area contributed by atoms with E-state index in [-0.39, 0.29) is 29.1 Å². The van der Waals surface area contributed by atoms with Crippen molar-refractivity contribution in [2.45, 2.75) is 64.6 Å². The number of ether oxygens (including phenoxy) is 1. The molecule has 1 amide bonds. The lowest BCUT2D eigenvalue weighted by atomic mass is 9.80. The first-order valence-electron chi connectivity index (χ1n) is 14.2. The number of hydrogen-bond acceptors (Lipinski definition) is 7. The van der Waals surface area contributed by atoms with Crippen molar-refractivity contribution in [3.8, 4) is 0 Å². The molecule has 4 heterocycles. The maximum Gasteiger partial charge on any atom is 0.252 e. The third-order valence-electron chi connectivity index (χ3n) is 8.34. The number of nitrogens with zero attached hydrogens (tertiary/aromatic N) is 5. The molecule has 208 valence electrons. The van der Waals surface area contributed by atoms with Gasteiger partial charge in [-0.05, 0) is 50.8 Å². The molecule has 2 aliphatic heterocycles. The highest BCUT2D eigenvalue weighted by Crippen LogP contribution is 2.39. The molecule has 1 N–H and O–H groups in total. The number of aromatic nitrogens is 3. The molecule has 3 aromatic rings. The SMILES string of the molecule is CCC(=O)N1CCN(C2(c3ccc([C@H](C)Nc4ncc5ccc(=O)n(C(C)C)c5n4)cc3)CCOCC2)CC1. The highest BCUT2D eigenvalue weighted by atomic mass is 16.5. The molecule has 2 fully saturated rings. The van der Waals surface area contributed by atoms with E-state index >= 15 is 0 Å². The molecule has 5 rings (SSSR count). The summed E-state index contributed by atoms with van der Waals surface area (Å²) in [5, 5.41) is 4.26. The van der Waals surface area contributed by atoms with E-state index in [1.807, 2.05) is 25.7 Å². The van der Waals surface area contributed by atoms with Crippen LogP contribution in [0.4, 0.5) is 5.95 Å². The van der Waals surface area contributed by atoms with Gasteiger partial charge in [0.2, 0.25) is 11.9 Å². The van der Waals surface area contributed by atoms with E-state index in [2.05, 4.69) is 46.4 Å². The normalized spacial score (nSPS) is 18.8. The second-order valence-corrected chi connectivity index (χ2v) is 11.0. The van der Waals surface area contributed by atoms with Crippen molar-refractivity contribution in [3.63, 3.8) is 0 Å². The number of nitrogens with one attached hydrogen (secondary N) is 1. The summed E-state index contributed by atoms with van der Waals surface area (Å²) in [6.45, 7) is 12.8. The van der Waals surface area contributed by atoms with Crippen molar-refractivity contribution < 1.29 is 9.53 Å². The minimum Gasteiger partial charge on any atom is -0.381 e. The van der Waals surface area contributed by atoms with Gasteiger partial charge >= 0.3 is 0 Å². The zero-order valence-corrected chi connectivity index (χ0v) is 23.5. The van der Waals surface area contributed by atoms with E-state index in [1.54, 1.807) is 22.9 Å². The Hall–Kier alpha value is -3.30. The number of anilines is 1. The van der Waals surface area contributed by atoms with Crippen LogP contribution in [0.15, 0.2) is 47.4 Å². The van der Waals surface area contributed by atoms with Gasteiger partial charge in [-0.25, -0.2) is 4.98 Å². The van der Waals surface area contributed by atoms with Gasteiger partial charge in [-0.15, -0.1) is 0 Å². The number of carbonyl (C=O) groups excluding carboxylic acids is 1. The van der Waals surface area contributed by atoms with Crippen molar-refractivity contribution in [2.75, 3.05) is 44.7 Å². The average Bonchev–Trinajstić information content (AvgIpc) is 2.97. The molecule has 9 nitrogen and oxygen atoms in total. The lowest BCUT2D eigenvalue weighted by molar-refractivity contribution is -0.134. The summed E-state index contributed by atoms with van der Waals surface area (Å²) in [6, 6.07) is 12.2. The fourth-order valence-corrected chi connectivity index (χ4v) is 6.07. The van der Waals surface area contributed by atoms with Crippen LogP contribution in [0, 0.1) is 0 Å². The quantitative estimate of drug-likeness (QED) is 0.490. The second kappa shape index (κ2) is 11.4. The maximum absolute atomic E-state index is 12.4. The number of pyridine rings is 1. The molecular weight excluding hydrogens is 492 g/mol. The molecule has 9 heteroatoms. The van der Waals surface area contributed by atoms with Gasteiger partial charge in [-0.2, -0.15) is 4.98 Å². The van der Waals surface area contributed by atoms with Gasteiger partial charge in [0.1, 0.15) is 5.65 Å². The Morgan fingerprint density at radius 2 is 1.72 bits per heavy atom. The van der Waals surface area contributed by atoms with Crippen LogP contribution in [-0.4, -0.2) is 69.6 Å². The van der Waals surface area contributed by atoms with E-state index in [9.17, 15) is 9.59 Å². The number of carbonyl (C=O) groups is 1. The Kier molecular flexibility index (Phi) is 8.00. The number of rotatable bonds is 7. The van der Waals surface area contributed by atoms with Gasteiger partial charge in [0.15, 0.2) is 0 Å². The van der Waals surface area contributed by atoms with Crippen LogP contribution in [0.5, 0.6) is 0 Å². The van der Waals surface area contributed by atoms with E-state index in [4.69, 9.17) is 9.72 Å². The van der Waals surface area contributed by atoms with Crippen molar-refractivity contribution in [3.05, 3.63) is 64.1 Å². The number of piperazine rings is 1. The van der Waals surface area contributed by atoms with Gasteiger partial charge in [0.05, 0.1) is 11.6 Å². The Labute approximate surface area is 230 Å². The van der Waals surface area contributed by atoms with Crippen molar-refractivity contribution >= 4 is 22.9 Å². The molecule has 2 saturated heterocycles. The molecule has 2 aliphatic rings. The lowest BCUT2D eigenvalue weighted by Crippen LogP contribution is -2.58. The Balaban J connectivity index is 1.34. The number of amides is 1. The molecular formula is C30H40N6O3. The largest absolute Gasteiger partial charge is 0.381 e. The Bertz CT molecular complexity index is 1360. The van der Waals surface area contributed by atoms with Crippen molar-refractivity contribution in [1.29, 1.82) is 0 Å². The van der Waals surface area contributed by atoms with Gasteiger partial charge in [-0.1, -0.05) is 31.2 Å². The first kappa shape index (κ1) is 27.3. The minimum absolute atomic E-state index is 0.00142. The summed E-state index contributed by atoms with van der Waals surface area (Å²) in [6.07, 6.45) is 4.23. The van der Waals surface area contributed by atoms with Crippen LogP contribution in [-0.2, 0) is 15.1 Å². The highest BCUT2D eigenvalue weighted by Gasteiger charge is 2.41. The van der Waals surface area contributed by atoms with Crippen LogP contribution >= 0.6 is 0 Å². The van der Waals surface area contributed by atoms with Gasteiger partial charge in [0, 0.05) is 69.5 Å². The van der Waals surface area contributed by atoms with E-state index in [0.29, 0.717) is 18.0 Å². The predicted molar refractivity (Wildman–Crippen MR) is 153 cm³/mol. The van der Waals surface area contributed by atoms with Gasteiger partial charge in [0.25, 0.3) is 5.56 Å². The van der Waals surface area contributed by atoms with Crippen LogP contribution in [0.3, 0.4) is 0 Å². The molecule has 0 radical (unpaired) electrons. The maximum atomic E-state index is 12.4. The molecule has 1 aromatic carbocycles. The first-order valence-corrected chi connectivity index (χ1v) is 14.2. The smallest absolute Gasteiger partial charge is 0.252 e. The Morgan fingerprint density at radius 3 is 2.36 bits per heavy atom. The van der Waals surface area contributed by atoms with Crippen LogP contribution < -0.4 is 10.9 Å². The fourth-order valence-electron chi connectivity index (χ4n) is 6.07. The van der Waals surface area contributed by atoms with Gasteiger partial charge < -0.3 is 15.0 Å². The lowest BCUT2D eigenvalue weighted by Gasteiger charge is -2.50. The fraction of sp³-hybridized carbons (Fsp3) is 0.533. The van der Waals surface area contributed by atoms with Crippen LogP contribution in [0.25, 0.3) is 11.0 Å². The predicted octanol–water partition coefficient (Wildman–Crippen LogP) is 4.11. The topological polar surface area (TPSA) is 92.6 Å². The molecule has 39 heavy (non-hydrogen) atoms. The van der Waals surface area contributed by atoms with Gasteiger partial charge in [-0.3, -0.25) is 19.1 Å². The molecule has 0 bridgehead atoms. The summed E-state index contributed by atoms with van der Waals surface area (Å²) in [4.78, 5) is 38.4. The van der Waals surface area contributed by atoms with E-state index in [0.717, 1.165) is 63.2 Å². The zero-order chi connectivity index (χ0) is 27.6. The average molecular weight is 533 g/mol. The molecule has 0 saturated carbocycles. The number of hydrogen-bond donors (Lipinski definition) is 1. The molecule has 0 spiro atoms. The molecule has 2 aromatic heterocycles. The third kappa shape index (κ3) is 5.43. The number of fused-ring (bicyclic) bond motifs is 1. The minimum atomic E-state index is -0.0727. The summed E-state index contributed by atoms with van der Waals surface area (Å²) in [7, 11) is 0. The summed E-state index contributed by atoms with van der Waals surface area (Å²) in [5.74, 6) is 0.740. The van der Waals surface area contributed by atoms with E-state index < -0.39 is 0 Å². The van der Waals surface area contributed by atoms with Crippen molar-refractivity contribution in [1.82, 2.24) is 24.3 Å². The molecule has 1 atom stereocenters. The first-order chi connectivity index (χ1) is 18.8.